The molecule has 0 aliphatic heterocycles. The van der Waals surface area contributed by atoms with E-state index in [0.29, 0.717) is 26.1 Å². The van der Waals surface area contributed by atoms with Gasteiger partial charge in [0, 0.05) is 44.5 Å². The van der Waals surface area contributed by atoms with Gasteiger partial charge in [0.1, 0.15) is 0 Å². The van der Waals surface area contributed by atoms with E-state index in [1.807, 2.05) is 20.8 Å². The van der Waals surface area contributed by atoms with Crippen molar-refractivity contribution in [3.8, 4) is 0 Å². The molecule has 0 fully saturated rings. The highest BCUT2D eigenvalue weighted by molar-refractivity contribution is 7.88. The first kappa shape index (κ1) is 20.9. The summed E-state index contributed by atoms with van der Waals surface area (Å²) in [6.07, 6.45) is 2.79. The van der Waals surface area contributed by atoms with Crippen molar-refractivity contribution < 1.29 is 8.42 Å². The SMILES string of the molecule is CCNC(=NCCCN(CC)S(C)(=O)=O)NCCc1csc(C)n1. The van der Waals surface area contributed by atoms with Gasteiger partial charge in [-0.2, -0.15) is 0 Å². The highest BCUT2D eigenvalue weighted by atomic mass is 32.2. The van der Waals surface area contributed by atoms with Crippen molar-refractivity contribution in [2.24, 2.45) is 4.99 Å². The number of rotatable bonds is 10. The second-order valence-electron chi connectivity index (χ2n) is 5.40. The normalized spacial score (nSPS) is 12.6. The number of hydrogen-bond donors (Lipinski definition) is 2. The summed E-state index contributed by atoms with van der Waals surface area (Å²) < 4.78 is 24.5. The summed E-state index contributed by atoms with van der Waals surface area (Å²) in [5.74, 6) is 0.756. The van der Waals surface area contributed by atoms with E-state index >= 15 is 0 Å². The summed E-state index contributed by atoms with van der Waals surface area (Å²) in [4.78, 5) is 8.93. The number of nitrogens with one attached hydrogen (secondary N) is 2. The molecule has 0 saturated carbocycles. The highest BCUT2D eigenvalue weighted by Crippen LogP contribution is 2.07. The van der Waals surface area contributed by atoms with Crippen LogP contribution in [0.15, 0.2) is 10.4 Å². The lowest BCUT2D eigenvalue weighted by Crippen LogP contribution is -2.38. The first-order valence-electron chi connectivity index (χ1n) is 8.25. The molecule has 0 spiro atoms. The van der Waals surface area contributed by atoms with Crippen molar-refractivity contribution in [3.63, 3.8) is 0 Å². The lowest BCUT2D eigenvalue weighted by molar-refractivity contribution is 0.427. The number of guanidine groups is 1. The summed E-state index contributed by atoms with van der Waals surface area (Å²) in [5.41, 5.74) is 1.09. The number of aromatic nitrogens is 1. The third-order valence-electron chi connectivity index (χ3n) is 3.34. The molecule has 1 heterocycles. The molecule has 0 aliphatic rings. The minimum Gasteiger partial charge on any atom is -0.357 e. The van der Waals surface area contributed by atoms with E-state index in [4.69, 9.17) is 0 Å². The molecule has 24 heavy (non-hydrogen) atoms. The maximum absolute atomic E-state index is 11.5. The average Bonchev–Trinajstić information content (AvgIpc) is 2.91. The van der Waals surface area contributed by atoms with Crippen molar-refractivity contribution >= 4 is 27.3 Å². The number of aryl methyl sites for hydroxylation is 1. The van der Waals surface area contributed by atoms with Gasteiger partial charge in [0.2, 0.25) is 10.0 Å². The van der Waals surface area contributed by atoms with Crippen molar-refractivity contribution in [2.45, 2.75) is 33.6 Å². The first-order chi connectivity index (χ1) is 11.4. The zero-order valence-electron chi connectivity index (χ0n) is 15.0. The van der Waals surface area contributed by atoms with Crippen LogP contribution in [0.1, 0.15) is 31.0 Å². The topological polar surface area (TPSA) is 86.7 Å². The minimum absolute atomic E-state index is 0.494. The Hall–Kier alpha value is -1.19. The number of sulfonamides is 1. The summed E-state index contributed by atoms with van der Waals surface area (Å²) in [7, 11) is -3.12. The van der Waals surface area contributed by atoms with Gasteiger partial charge in [0.25, 0.3) is 0 Å². The summed E-state index contributed by atoms with van der Waals surface area (Å²) >= 11 is 1.66. The molecule has 0 amide bonds. The van der Waals surface area contributed by atoms with Gasteiger partial charge < -0.3 is 10.6 Å². The van der Waals surface area contributed by atoms with Crippen molar-refractivity contribution in [1.82, 2.24) is 19.9 Å². The molecule has 0 atom stereocenters. The third kappa shape index (κ3) is 8.07. The fourth-order valence-electron chi connectivity index (χ4n) is 2.17. The molecule has 0 aromatic carbocycles. The van der Waals surface area contributed by atoms with E-state index in [-0.39, 0.29) is 0 Å². The molecule has 2 N–H and O–H groups in total. The molecule has 0 saturated heterocycles. The van der Waals surface area contributed by atoms with Gasteiger partial charge in [-0.05, 0) is 20.3 Å². The van der Waals surface area contributed by atoms with E-state index < -0.39 is 10.0 Å². The molecule has 1 rings (SSSR count). The lowest BCUT2D eigenvalue weighted by atomic mass is 10.3. The van der Waals surface area contributed by atoms with Gasteiger partial charge in [-0.1, -0.05) is 6.92 Å². The Bertz CT molecular complexity index is 613. The van der Waals surface area contributed by atoms with E-state index in [1.54, 1.807) is 11.3 Å². The highest BCUT2D eigenvalue weighted by Gasteiger charge is 2.13. The standard InChI is InChI=1S/C15H29N5O2S2/c1-5-16-15(18-10-8-14-12-23-13(3)19-14)17-9-7-11-20(6-2)24(4,21)22/h12H,5-11H2,1-4H3,(H2,16,17,18). The molecule has 7 nitrogen and oxygen atoms in total. The largest absolute Gasteiger partial charge is 0.357 e. The van der Waals surface area contributed by atoms with Crippen molar-refractivity contribution in [1.29, 1.82) is 0 Å². The predicted octanol–water partition coefficient (Wildman–Crippen LogP) is 1.22. The Morgan fingerprint density at radius 2 is 2.12 bits per heavy atom. The Balaban J connectivity index is 2.38. The maximum Gasteiger partial charge on any atom is 0.211 e. The Labute approximate surface area is 149 Å². The number of aliphatic imine (C=N–C) groups is 1. The quantitative estimate of drug-likeness (QED) is 0.365. The van der Waals surface area contributed by atoms with Crippen LogP contribution in [0.3, 0.4) is 0 Å². The van der Waals surface area contributed by atoms with E-state index in [1.165, 1.54) is 10.6 Å². The van der Waals surface area contributed by atoms with E-state index in [2.05, 4.69) is 26.0 Å². The van der Waals surface area contributed by atoms with E-state index in [9.17, 15) is 8.42 Å². The van der Waals surface area contributed by atoms with Gasteiger partial charge in [0.15, 0.2) is 5.96 Å². The van der Waals surface area contributed by atoms with Crippen LogP contribution in [0.25, 0.3) is 0 Å². The fraction of sp³-hybridized carbons (Fsp3) is 0.733. The van der Waals surface area contributed by atoms with Crippen LogP contribution in [0.2, 0.25) is 0 Å². The van der Waals surface area contributed by atoms with E-state index in [0.717, 1.165) is 36.2 Å². The maximum atomic E-state index is 11.5. The van der Waals surface area contributed by atoms with Gasteiger partial charge in [-0.3, -0.25) is 4.99 Å². The van der Waals surface area contributed by atoms with Crippen LogP contribution in [0, 0.1) is 6.92 Å². The van der Waals surface area contributed by atoms with Gasteiger partial charge in [-0.15, -0.1) is 11.3 Å². The predicted molar refractivity (Wildman–Crippen MR) is 101 cm³/mol. The Kier molecular flexibility index (Phi) is 9.24. The second-order valence-corrected chi connectivity index (χ2v) is 8.45. The zero-order chi connectivity index (χ0) is 18.0. The van der Waals surface area contributed by atoms with Crippen LogP contribution in [0.5, 0.6) is 0 Å². The first-order valence-corrected chi connectivity index (χ1v) is 11.0. The lowest BCUT2D eigenvalue weighted by Gasteiger charge is -2.17. The van der Waals surface area contributed by atoms with Gasteiger partial charge in [0.05, 0.1) is 17.0 Å². The van der Waals surface area contributed by atoms with Crippen LogP contribution < -0.4 is 10.6 Å². The van der Waals surface area contributed by atoms with Crippen LogP contribution in [0.4, 0.5) is 0 Å². The molecule has 0 unspecified atom stereocenters. The second kappa shape index (κ2) is 10.6. The minimum atomic E-state index is -3.12. The average molecular weight is 376 g/mol. The Morgan fingerprint density at radius 3 is 2.67 bits per heavy atom. The smallest absolute Gasteiger partial charge is 0.211 e. The molecular weight excluding hydrogens is 346 g/mol. The number of nitrogens with zero attached hydrogens (tertiary/aromatic N) is 3. The zero-order valence-corrected chi connectivity index (χ0v) is 16.6. The molecule has 138 valence electrons. The molecule has 0 aliphatic carbocycles. The third-order valence-corrected chi connectivity index (χ3v) is 5.54. The number of hydrogen-bond acceptors (Lipinski definition) is 5. The van der Waals surface area contributed by atoms with Crippen LogP contribution in [-0.2, 0) is 16.4 Å². The van der Waals surface area contributed by atoms with Crippen LogP contribution in [-0.4, -0.2) is 62.6 Å². The number of thiazole rings is 1. The molecule has 1 aromatic heterocycles. The molecular formula is C15H29N5O2S2. The Morgan fingerprint density at radius 1 is 1.38 bits per heavy atom. The fourth-order valence-corrected chi connectivity index (χ4v) is 3.75. The van der Waals surface area contributed by atoms with Crippen molar-refractivity contribution in [3.05, 3.63) is 16.1 Å². The summed E-state index contributed by atoms with van der Waals surface area (Å²) in [6.45, 7) is 8.98. The van der Waals surface area contributed by atoms with Crippen LogP contribution >= 0.6 is 11.3 Å². The molecule has 9 heteroatoms. The monoisotopic (exact) mass is 375 g/mol. The summed E-state index contributed by atoms with van der Waals surface area (Å²) in [6, 6.07) is 0. The molecule has 0 bridgehead atoms. The molecule has 1 aromatic rings. The summed E-state index contributed by atoms with van der Waals surface area (Å²) in [5, 5.41) is 9.63. The molecule has 0 radical (unpaired) electrons. The van der Waals surface area contributed by atoms with Gasteiger partial charge in [-0.25, -0.2) is 17.7 Å². The van der Waals surface area contributed by atoms with Gasteiger partial charge >= 0.3 is 0 Å². The van der Waals surface area contributed by atoms with Crippen molar-refractivity contribution in [2.75, 3.05) is 39.0 Å².